The second kappa shape index (κ2) is 7.72. The van der Waals surface area contributed by atoms with Gasteiger partial charge in [-0.1, -0.05) is 41.4 Å². The van der Waals surface area contributed by atoms with E-state index in [9.17, 15) is 4.79 Å². The zero-order valence-corrected chi connectivity index (χ0v) is 15.7. The van der Waals surface area contributed by atoms with E-state index >= 15 is 0 Å². The third-order valence-corrected chi connectivity index (χ3v) is 4.22. The molecule has 1 amide bonds. The van der Waals surface area contributed by atoms with Crippen LogP contribution in [0.15, 0.2) is 48.5 Å². The Kier molecular flexibility index (Phi) is 5.40. The lowest BCUT2D eigenvalue weighted by atomic mass is 10.2. The minimum atomic E-state index is -0.315. The highest BCUT2D eigenvalue weighted by Gasteiger charge is 2.13. The summed E-state index contributed by atoms with van der Waals surface area (Å²) in [7, 11) is 0. The highest BCUT2D eigenvalue weighted by molar-refractivity contribution is 6.35. The van der Waals surface area contributed by atoms with Gasteiger partial charge in [0.15, 0.2) is 0 Å². The first-order chi connectivity index (χ1) is 12.4. The van der Waals surface area contributed by atoms with Crippen LogP contribution in [0.2, 0.25) is 10.0 Å². The molecule has 2 N–H and O–H groups in total. The fourth-order valence-corrected chi connectivity index (χ4v) is 2.69. The van der Waals surface area contributed by atoms with E-state index < -0.39 is 0 Å². The zero-order valence-electron chi connectivity index (χ0n) is 14.2. The first-order valence-corrected chi connectivity index (χ1v) is 8.63. The van der Waals surface area contributed by atoms with Gasteiger partial charge in [0.05, 0.1) is 10.7 Å². The van der Waals surface area contributed by atoms with Crippen molar-refractivity contribution < 1.29 is 4.79 Å². The molecular weight excluding hydrogens is 371 g/mol. The van der Waals surface area contributed by atoms with Gasteiger partial charge in [0.25, 0.3) is 5.91 Å². The number of carbonyl (C=O) groups is 1. The molecule has 5 nitrogen and oxygen atoms in total. The number of aryl methyl sites for hydroxylation is 2. The van der Waals surface area contributed by atoms with E-state index in [2.05, 4.69) is 20.6 Å². The highest BCUT2D eigenvalue weighted by Crippen LogP contribution is 2.27. The van der Waals surface area contributed by atoms with Gasteiger partial charge in [-0.15, -0.1) is 0 Å². The summed E-state index contributed by atoms with van der Waals surface area (Å²) < 4.78 is 0. The SMILES string of the molecule is Cc1cc(C(=O)Nc2ccccc2C)nc(Nc2cc(Cl)ccc2Cl)n1. The lowest BCUT2D eigenvalue weighted by Gasteiger charge is -2.11. The summed E-state index contributed by atoms with van der Waals surface area (Å²) in [6.45, 7) is 3.71. The first kappa shape index (κ1) is 18.2. The summed E-state index contributed by atoms with van der Waals surface area (Å²) in [6.07, 6.45) is 0. The fraction of sp³-hybridized carbons (Fsp3) is 0.105. The quantitative estimate of drug-likeness (QED) is 0.629. The number of aromatic nitrogens is 2. The molecule has 0 aliphatic heterocycles. The number of anilines is 3. The number of nitrogens with zero attached hydrogens (tertiary/aromatic N) is 2. The summed E-state index contributed by atoms with van der Waals surface area (Å²) in [5.41, 5.74) is 3.17. The monoisotopic (exact) mass is 386 g/mol. The Labute approximate surface area is 161 Å². The molecule has 2 aromatic carbocycles. The molecule has 0 aliphatic carbocycles. The Morgan fingerprint density at radius 3 is 2.50 bits per heavy atom. The van der Waals surface area contributed by atoms with Crippen molar-refractivity contribution in [3.8, 4) is 0 Å². The van der Waals surface area contributed by atoms with Crippen LogP contribution in [-0.2, 0) is 0 Å². The maximum absolute atomic E-state index is 12.6. The molecule has 0 saturated heterocycles. The molecule has 0 spiro atoms. The fourth-order valence-electron chi connectivity index (χ4n) is 2.35. The molecule has 0 atom stereocenters. The molecule has 0 fully saturated rings. The van der Waals surface area contributed by atoms with Crippen LogP contribution >= 0.6 is 23.2 Å². The number of hydrogen-bond donors (Lipinski definition) is 2. The largest absolute Gasteiger partial charge is 0.323 e. The number of carbonyl (C=O) groups excluding carboxylic acids is 1. The van der Waals surface area contributed by atoms with Crippen molar-refractivity contribution in [1.29, 1.82) is 0 Å². The van der Waals surface area contributed by atoms with E-state index in [4.69, 9.17) is 23.2 Å². The van der Waals surface area contributed by atoms with Crippen LogP contribution in [0.3, 0.4) is 0 Å². The van der Waals surface area contributed by atoms with Crippen LogP contribution in [0, 0.1) is 13.8 Å². The van der Waals surface area contributed by atoms with Crippen molar-refractivity contribution in [3.05, 3.63) is 75.5 Å². The Balaban J connectivity index is 1.86. The van der Waals surface area contributed by atoms with Gasteiger partial charge in [0, 0.05) is 16.4 Å². The highest BCUT2D eigenvalue weighted by atomic mass is 35.5. The summed E-state index contributed by atoms with van der Waals surface area (Å²) in [5.74, 6) is -0.0471. The van der Waals surface area contributed by atoms with E-state index in [1.807, 2.05) is 31.2 Å². The van der Waals surface area contributed by atoms with Crippen molar-refractivity contribution in [2.45, 2.75) is 13.8 Å². The minimum absolute atomic E-state index is 0.251. The molecule has 26 heavy (non-hydrogen) atoms. The second-order valence-electron chi connectivity index (χ2n) is 5.74. The van der Waals surface area contributed by atoms with Crippen LogP contribution in [0.5, 0.6) is 0 Å². The lowest BCUT2D eigenvalue weighted by molar-refractivity contribution is 0.102. The van der Waals surface area contributed by atoms with Crippen molar-refractivity contribution in [2.24, 2.45) is 0 Å². The number of nitrogens with one attached hydrogen (secondary N) is 2. The molecule has 0 aliphatic rings. The Morgan fingerprint density at radius 2 is 1.73 bits per heavy atom. The third kappa shape index (κ3) is 4.31. The number of rotatable bonds is 4. The van der Waals surface area contributed by atoms with E-state index in [1.165, 1.54) is 0 Å². The maximum Gasteiger partial charge on any atom is 0.274 e. The molecule has 1 heterocycles. The molecule has 3 aromatic rings. The molecular formula is C19H16Cl2N4O. The van der Waals surface area contributed by atoms with Gasteiger partial charge in [-0.05, 0) is 49.7 Å². The Morgan fingerprint density at radius 1 is 0.962 bits per heavy atom. The lowest BCUT2D eigenvalue weighted by Crippen LogP contribution is -2.16. The van der Waals surface area contributed by atoms with E-state index in [0.29, 0.717) is 21.4 Å². The van der Waals surface area contributed by atoms with Gasteiger partial charge in [-0.25, -0.2) is 9.97 Å². The molecule has 1 aromatic heterocycles. The first-order valence-electron chi connectivity index (χ1n) is 7.87. The van der Waals surface area contributed by atoms with Crippen LogP contribution in [0.4, 0.5) is 17.3 Å². The standard InChI is InChI=1S/C19H16Cl2N4O/c1-11-5-3-4-6-15(11)23-18(26)17-9-12(2)22-19(25-17)24-16-10-13(20)7-8-14(16)21/h3-10H,1-2H3,(H,23,26)(H,22,24,25). The van der Waals surface area contributed by atoms with Gasteiger partial charge >= 0.3 is 0 Å². The number of amides is 1. The summed E-state index contributed by atoms with van der Waals surface area (Å²) in [5, 5.41) is 6.87. The van der Waals surface area contributed by atoms with Crippen LogP contribution in [0.1, 0.15) is 21.7 Å². The zero-order chi connectivity index (χ0) is 18.7. The summed E-state index contributed by atoms with van der Waals surface area (Å²) in [4.78, 5) is 21.2. The second-order valence-corrected chi connectivity index (χ2v) is 6.58. The van der Waals surface area contributed by atoms with Gasteiger partial charge in [0.1, 0.15) is 5.69 Å². The number of halogens is 2. The maximum atomic E-state index is 12.6. The van der Waals surface area contributed by atoms with Gasteiger partial charge in [-0.2, -0.15) is 0 Å². The molecule has 3 rings (SSSR count). The molecule has 0 bridgehead atoms. The van der Waals surface area contributed by atoms with Crippen molar-refractivity contribution in [3.63, 3.8) is 0 Å². The van der Waals surface area contributed by atoms with Gasteiger partial charge < -0.3 is 10.6 Å². The molecule has 7 heteroatoms. The predicted molar refractivity (Wildman–Crippen MR) is 106 cm³/mol. The topological polar surface area (TPSA) is 66.9 Å². The van der Waals surface area contributed by atoms with Crippen LogP contribution < -0.4 is 10.6 Å². The van der Waals surface area contributed by atoms with E-state index in [1.54, 1.807) is 31.2 Å². The summed E-state index contributed by atoms with van der Waals surface area (Å²) >= 11 is 12.2. The number of benzene rings is 2. The normalized spacial score (nSPS) is 10.5. The predicted octanol–water partition coefficient (Wildman–Crippen LogP) is 5.40. The number of hydrogen-bond acceptors (Lipinski definition) is 4. The summed E-state index contributed by atoms with van der Waals surface area (Å²) in [6, 6.07) is 14.2. The minimum Gasteiger partial charge on any atom is -0.323 e. The van der Waals surface area contributed by atoms with Crippen LogP contribution in [0.25, 0.3) is 0 Å². The molecule has 0 unspecified atom stereocenters. The molecule has 0 radical (unpaired) electrons. The molecule has 132 valence electrons. The van der Waals surface area contributed by atoms with Crippen molar-refractivity contribution >= 4 is 46.4 Å². The number of para-hydroxylation sites is 1. The van der Waals surface area contributed by atoms with E-state index in [0.717, 1.165) is 11.3 Å². The van der Waals surface area contributed by atoms with Gasteiger partial charge in [0.2, 0.25) is 5.95 Å². The molecule has 0 saturated carbocycles. The van der Waals surface area contributed by atoms with Crippen molar-refractivity contribution in [2.75, 3.05) is 10.6 Å². The Bertz CT molecular complexity index is 976. The van der Waals surface area contributed by atoms with E-state index in [-0.39, 0.29) is 17.5 Å². The van der Waals surface area contributed by atoms with Crippen LogP contribution in [-0.4, -0.2) is 15.9 Å². The third-order valence-electron chi connectivity index (χ3n) is 3.66. The smallest absolute Gasteiger partial charge is 0.274 e. The van der Waals surface area contributed by atoms with Crippen molar-refractivity contribution in [1.82, 2.24) is 9.97 Å². The Hall–Kier alpha value is -2.63. The average molecular weight is 387 g/mol. The van der Waals surface area contributed by atoms with Gasteiger partial charge in [-0.3, -0.25) is 4.79 Å². The average Bonchev–Trinajstić information content (AvgIpc) is 2.59.